The summed E-state index contributed by atoms with van der Waals surface area (Å²) in [6.07, 6.45) is 7.07. The molecule has 1 amide bonds. The quantitative estimate of drug-likeness (QED) is 0.666. The number of nitrogens with one attached hydrogen (secondary N) is 1. The van der Waals surface area contributed by atoms with Crippen LogP contribution in [0.4, 0.5) is 0 Å². The molecule has 0 aromatic carbocycles. The largest absolute Gasteiger partial charge is 0.375 e. The van der Waals surface area contributed by atoms with Crippen LogP contribution in [0.2, 0.25) is 0 Å². The van der Waals surface area contributed by atoms with Crippen LogP contribution >= 0.6 is 0 Å². The summed E-state index contributed by atoms with van der Waals surface area (Å²) in [5.74, 6) is -0.0334. The number of ether oxygens (including phenoxy) is 1. The summed E-state index contributed by atoms with van der Waals surface area (Å²) in [6, 6.07) is 0. The zero-order chi connectivity index (χ0) is 9.52. The Bertz CT molecular complexity index is 199. The second kappa shape index (κ2) is 5.75. The Morgan fingerprint density at radius 2 is 2.46 bits per heavy atom. The Labute approximate surface area is 79.2 Å². The van der Waals surface area contributed by atoms with Gasteiger partial charge in [-0.3, -0.25) is 4.79 Å². The normalized spacial score (nSPS) is 16.5. The molecule has 0 bridgehead atoms. The van der Waals surface area contributed by atoms with Gasteiger partial charge in [-0.15, -0.1) is 0 Å². The fourth-order valence-electron chi connectivity index (χ4n) is 1.46. The number of carbonyl (C=O) groups is 1. The third kappa shape index (κ3) is 4.08. The highest BCUT2D eigenvalue weighted by atomic mass is 16.5. The fraction of sp³-hybridized carbons (Fsp3) is 0.700. The molecule has 0 aromatic rings. The smallest absolute Gasteiger partial charge is 0.246 e. The summed E-state index contributed by atoms with van der Waals surface area (Å²) >= 11 is 0. The van der Waals surface area contributed by atoms with Crippen LogP contribution in [0.5, 0.6) is 0 Å². The molecule has 0 saturated carbocycles. The van der Waals surface area contributed by atoms with E-state index in [2.05, 4.69) is 11.4 Å². The highest BCUT2D eigenvalue weighted by Crippen LogP contribution is 2.15. The Morgan fingerprint density at radius 1 is 1.62 bits per heavy atom. The Balaban J connectivity index is 2.17. The van der Waals surface area contributed by atoms with Gasteiger partial charge in [-0.05, 0) is 25.7 Å². The van der Waals surface area contributed by atoms with Crippen LogP contribution in [-0.2, 0) is 9.53 Å². The topological polar surface area (TPSA) is 38.3 Å². The number of amides is 1. The molecule has 0 aromatic heterocycles. The zero-order valence-corrected chi connectivity index (χ0v) is 8.14. The molecule has 0 spiro atoms. The number of carbonyl (C=O) groups excluding carboxylic acids is 1. The summed E-state index contributed by atoms with van der Waals surface area (Å²) in [5, 5.41) is 2.82. The highest BCUT2D eigenvalue weighted by molar-refractivity contribution is 5.77. The van der Waals surface area contributed by atoms with E-state index in [9.17, 15) is 4.79 Å². The molecule has 3 heteroatoms. The van der Waals surface area contributed by atoms with Crippen LogP contribution < -0.4 is 5.32 Å². The summed E-state index contributed by atoms with van der Waals surface area (Å²) in [6.45, 7) is 0.857. The lowest BCUT2D eigenvalue weighted by Gasteiger charge is -2.12. The van der Waals surface area contributed by atoms with Gasteiger partial charge < -0.3 is 10.1 Å². The average molecular weight is 183 g/mol. The third-order valence-corrected chi connectivity index (χ3v) is 2.17. The van der Waals surface area contributed by atoms with Crippen molar-refractivity contribution in [2.45, 2.75) is 25.7 Å². The Kier molecular flexibility index (Phi) is 4.54. The maximum Gasteiger partial charge on any atom is 0.246 e. The van der Waals surface area contributed by atoms with E-state index in [-0.39, 0.29) is 12.5 Å². The van der Waals surface area contributed by atoms with Gasteiger partial charge in [0.25, 0.3) is 0 Å². The first-order chi connectivity index (χ1) is 6.33. The Morgan fingerprint density at radius 3 is 3.08 bits per heavy atom. The molecule has 1 aliphatic carbocycles. The number of rotatable bonds is 4. The summed E-state index contributed by atoms with van der Waals surface area (Å²) in [4.78, 5) is 11.0. The van der Waals surface area contributed by atoms with Crippen molar-refractivity contribution < 1.29 is 9.53 Å². The number of hydrogen-bond acceptors (Lipinski definition) is 2. The molecule has 13 heavy (non-hydrogen) atoms. The van der Waals surface area contributed by atoms with Crippen molar-refractivity contribution in [3.63, 3.8) is 0 Å². The molecule has 1 aliphatic rings. The SMILES string of the molecule is COCC(=O)NCC1=CCCCC1. The molecule has 3 nitrogen and oxygen atoms in total. The van der Waals surface area contributed by atoms with Crippen molar-refractivity contribution in [2.75, 3.05) is 20.3 Å². The van der Waals surface area contributed by atoms with Crippen LogP contribution in [0.3, 0.4) is 0 Å². The molecule has 0 heterocycles. The van der Waals surface area contributed by atoms with Crippen LogP contribution in [0.15, 0.2) is 11.6 Å². The number of allylic oxidation sites excluding steroid dienone is 1. The lowest BCUT2D eigenvalue weighted by molar-refractivity contribution is -0.124. The van der Waals surface area contributed by atoms with Gasteiger partial charge in [0.15, 0.2) is 0 Å². The molecule has 0 fully saturated rings. The van der Waals surface area contributed by atoms with E-state index < -0.39 is 0 Å². The number of hydrogen-bond donors (Lipinski definition) is 1. The summed E-state index contributed by atoms with van der Waals surface area (Å²) in [5.41, 5.74) is 1.36. The van der Waals surface area contributed by atoms with Gasteiger partial charge in [-0.2, -0.15) is 0 Å². The maximum absolute atomic E-state index is 11.0. The van der Waals surface area contributed by atoms with Crippen molar-refractivity contribution in [3.05, 3.63) is 11.6 Å². The minimum atomic E-state index is -0.0334. The molecule has 0 radical (unpaired) electrons. The van der Waals surface area contributed by atoms with E-state index in [1.165, 1.54) is 25.5 Å². The van der Waals surface area contributed by atoms with E-state index in [1.54, 1.807) is 0 Å². The first-order valence-electron chi connectivity index (χ1n) is 4.76. The molecular weight excluding hydrogens is 166 g/mol. The van der Waals surface area contributed by atoms with Crippen molar-refractivity contribution in [2.24, 2.45) is 0 Å². The third-order valence-electron chi connectivity index (χ3n) is 2.17. The lowest BCUT2D eigenvalue weighted by atomic mass is 10.00. The van der Waals surface area contributed by atoms with E-state index in [0.29, 0.717) is 6.54 Å². The van der Waals surface area contributed by atoms with Crippen LogP contribution in [-0.4, -0.2) is 26.2 Å². The van der Waals surface area contributed by atoms with E-state index in [0.717, 1.165) is 12.8 Å². The standard InChI is InChI=1S/C10H17NO2/c1-13-8-10(12)11-7-9-5-3-2-4-6-9/h5H,2-4,6-8H2,1H3,(H,11,12). The summed E-state index contributed by atoms with van der Waals surface area (Å²) < 4.78 is 4.71. The average Bonchev–Trinajstić information content (AvgIpc) is 2.17. The molecule has 0 aliphatic heterocycles. The monoisotopic (exact) mass is 183 g/mol. The van der Waals surface area contributed by atoms with Gasteiger partial charge in [-0.25, -0.2) is 0 Å². The van der Waals surface area contributed by atoms with Crippen molar-refractivity contribution >= 4 is 5.91 Å². The van der Waals surface area contributed by atoms with Gasteiger partial charge in [0.1, 0.15) is 6.61 Å². The van der Waals surface area contributed by atoms with Crippen molar-refractivity contribution in [3.8, 4) is 0 Å². The summed E-state index contributed by atoms with van der Waals surface area (Å²) in [7, 11) is 1.53. The second-order valence-corrected chi connectivity index (χ2v) is 3.32. The van der Waals surface area contributed by atoms with Gasteiger partial charge >= 0.3 is 0 Å². The molecule has 0 saturated heterocycles. The molecule has 1 N–H and O–H groups in total. The molecule has 0 unspecified atom stereocenters. The predicted molar refractivity (Wildman–Crippen MR) is 51.4 cm³/mol. The fourth-order valence-corrected chi connectivity index (χ4v) is 1.46. The first kappa shape index (κ1) is 10.3. The first-order valence-corrected chi connectivity index (χ1v) is 4.76. The highest BCUT2D eigenvalue weighted by Gasteiger charge is 2.05. The van der Waals surface area contributed by atoms with Gasteiger partial charge in [0.05, 0.1) is 0 Å². The molecular formula is C10H17NO2. The zero-order valence-electron chi connectivity index (χ0n) is 8.14. The van der Waals surface area contributed by atoms with Gasteiger partial charge in [-0.1, -0.05) is 11.6 Å². The van der Waals surface area contributed by atoms with Gasteiger partial charge in [0.2, 0.25) is 5.91 Å². The minimum absolute atomic E-state index is 0.0334. The van der Waals surface area contributed by atoms with Crippen molar-refractivity contribution in [1.29, 1.82) is 0 Å². The maximum atomic E-state index is 11.0. The molecule has 0 atom stereocenters. The van der Waals surface area contributed by atoms with Crippen molar-refractivity contribution in [1.82, 2.24) is 5.32 Å². The number of methoxy groups -OCH3 is 1. The molecule has 74 valence electrons. The predicted octanol–water partition coefficient (Wildman–Crippen LogP) is 1.25. The van der Waals surface area contributed by atoms with Crippen LogP contribution in [0.25, 0.3) is 0 Å². The lowest BCUT2D eigenvalue weighted by Crippen LogP contribution is -2.29. The second-order valence-electron chi connectivity index (χ2n) is 3.32. The van der Waals surface area contributed by atoms with E-state index in [1.807, 2.05) is 0 Å². The van der Waals surface area contributed by atoms with Crippen LogP contribution in [0, 0.1) is 0 Å². The molecule has 1 rings (SSSR count). The minimum Gasteiger partial charge on any atom is -0.375 e. The van der Waals surface area contributed by atoms with E-state index in [4.69, 9.17) is 4.74 Å². The Hall–Kier alpha value is -0.830. The van der Waals surface area contributed by atoms with Crippen LogP contribution in [0.1, 0.15) is 25.7 Å². The van der Waals surface area contributed by atoms with Gasteiger partial charge in [0, 0.05) is 13.7 Å². The van der Waals surface area contributed by atoms with E-state index >= 15 is 0 Å².